The molecule has 3 rings (SSSR count). The summed E-state index contributed by atoms with van der Waals surface area (Å²) in [4.78, 5) is 12.4. The Labute approximate surface area is 137 Å². The van der Waals surface area contributed by atoms with Crippen molar-refractivity contribution in [1.82, 2.24) is 0 Å². The zero-order valence-electron chi connectivity index (χ0n) is 13.0. The number of fused-ring (bicyclic) bond motifs is 1. The molecule has 6 nitrogen and oxygen atoms in total. The second-order valence-electron chi connectivity index (χ2n) is 5.10. The number of carbonyl (C=O) groups excluding carboxylic acids is 1. The van der Waals surface area contributed by atoms with Crippen molar-refractivity contribution in [1.29, 1.82) is 5.41 Å². The molecular weight excluding hydrogens is 308 g/mol. The highest BCUT2D eigenvalue weighted by Gasteiger charge is 2.13. The summed E-state index contributed by atoms with van der Waals surface area (Å²) in [5.74, 6) is 0.186. The van der Waals surface area contributed by atoms with Crippen LogP contribution in [0.3, 0.4) is 0 Å². The SMILES string of the molecule is CCOc1ccc(NC(=O)c2cc3cccc(O)c3oc2=N)cc1. The molecule has 6 heteroatoms. The summed E-state index contributed by atoms with van der Waals surface area (Å²) in [6.45, 7) is 2.46. The van der Waals surface area contributed by atoms with E-state index in [9.17, 15) is 9.90 Å². The lowest BCUT2D eigenvalue weighted by molar-refractivity contribution is 0.102. The molecule has 1 heterocycles. The molecule has 0 unspecified atom stereocenters. The molecule has 122 valence electrons. The molecule has 3 N–H and O–H groups in total. The van der Waals surface area contributed by atoms with Crippen LogP contribution in [0.15, 0.2) is 52.9 Å². The number of benzene rings is 2. The van der Waals surface area contributed by atoms with Crippen molar-refractivity contribution in [2.24, 2.45) is 0 Å². The third-order valence-electron chi connectivity index (χ3n) is 3.44. The molecule has 2 aromatic carbocycles. The van der Waals surface area contributed by atoms with Crippen LogP contribution < -0.4 is 15.6 Å². The van der Waals surface area contributed by atoms with Crippen LogP contribution in [0.1, 0.15) is 17.3 Å². The van der Waals surface area contributed by atoms with Crippen LogP contribution in [-0.4, -0.2) is 17.6 Å². The first-order valence-electron chi connectivity index (χ1n) is 7.43. The van der Waals surface area contributed by atoms with Gasteiger partial charge in [0.15, 0.2) is 11.3 Å². The topological polar surface area (TPSA) is 95.6 Å². The summed E-state index contributed by atoms with van der Waals surface area (Å²) in [6.07, 6.45) is 0. The van der Waals surface area contributed by atoms with Gasteiger partial charge in [0.1, 0.15) is 11.3 Å². The Bertz CT molecular complexity index is 945. The van der Waals surface area contributed by atoms with E-state index in [1.807, 2.05) is 6.92 Å². The van der Waals surface area contributed by atoms with Gasteiger partial charge in [-0.1, -0.05) is 12.1 Å². The third-order valence-corrected chi connectivity index (χ3v) is 3.44. The monoisotopic (exact) mass is 324 g/mol. The Morgan fingerprint density at radius 1 is 1.25 bits per heavy atom. The van der Waals surface area contributed by atoms with Crippen molar-refractivity contribution in [2.45, 2.75) is 6.92 Å². The fourth-order valence-corrected chi connectivity index (χ4v) is 2.31. The van der Waals surface area contributed by atoms with Gasteiger partial charge in [-0.25, -0.2) is 0 Å². The fourth-order valence-electron chi connectivity index (χ4n) is 2.31. The van der Waals surface area contributed by atoms with E-state index in [0.29, 0.717) is 23.4 Å². The molecule has 0 bridgehead atoms. The Balaban J connectivity index is 1.88. The third kappa shape index (κ3) is 3.08. The van der Waals surface area contributed by atoms with E-state index in [2.05, 4.69) is 5.32 Å². The summed E-state index contributed by atoms with van der Waals surface area (Å²) in [5.41, 5.74) is 0.536. The number of anilines is 1. The van der Waals surface area contributed by atoms with Gasteiger partial charge in [-0.05, 0) is 43.3 Å². The minimum atomic E-state index is -0.460. The molecule has 0 radical (unpaired) electrons. The lowest BCUT2D eigenvalue weighted by atomic mass is 10.1. The molecule has 0 aliphatic rings. The maximum absolute atomic E-state index is 12.4. The van der Waals surface area contributed by atoms with Crippen LogP contribution in [0.5, 0.6) is 11.5 Å². The summed E-state index contributed by atoms with van der Waals surface area (Å²) in [6, 6.07) is 13.3. The van der Waals surface area contributed by atoms with Gasteiger partial charge in [0.05, 0.1) is 6.61 Å². The molecule has 0 fully saturated rings. The molecular formula is C18H16N2O4. The largest absolute Gasteiger partial charge is 0.504 e. The van der Waals surface area contributed by atoms with Gasteiger partial charge >= 0.3 is 0 Å². The molecule has 1 amide bonds. The molecule has 0 saturated carbocycles. The van der Waals surface area contributed by atoms with Gasteiger partial charge in [0.25, 0.3) is 5.91 Å². The highest BCUT2D eigenvalue weighted by molar-refractivity contribution is 6.05. The Hall–Kier alpha value is -3.28. The quantitative estimate of drug-likeness (QED) is 0.686. The Kier molecular flexibility index (Phi) is 4.20. The zero-order chi connectivity index (χ0) is 17.1. The smallest absolute Gasteiger partial charge is 0.261 e. The second-order valence-corrected chi connectivity index (χ2v) is 5.10. The minimum absolute atomic E-state index is 0.0699. The zero-order valence-corrected chi connectivity index (χ0v) is 13.0. The lowest BCUT2D eigenvalue weighted by Crippen LogP contribution is -2.20. The first kappa shape index (κ1) is 15.6. The number of rotatable bonds is 4. The predicted molar refractivity (Wildman–Crippen MR) is 89.3 cm³/mol. The van der Waals surface area contributed by atoms with Crippen molar-refractivity contribution in [3.05, 3.63) is 59.6 Å². The van der Waals surface area contributed by atoms with Crippen molar-refractivity contribution < 1.29 is 19.1 Å². The average molecular weight is 324 g/mol. The van der Waals surface area contributed by atoms with E-state index in [1.54, 1.807) is 36.4 Å². The molecule has 0 aliphatic heterocycles. The predicted octanol–water partition coefficient (Wildman–Crippen LogP) is 3.27. The molecule has 3 aromatic rings. The summed E-state index contributed by atoms with van der Waals surface area (Å²) < 4.78 is 10.6. The van der Waals surface area contributed by atoms with E-state index >= 15 is 0 Å². The van der Waals surface area contributed by atoms with E-state index in [4.69, 9.17) is 14.6 Å². The molecule has 0 aliphatic carbocycles. The number of carbonyl (C=O) groups is 1. The number of aromatic hydroxyl groups is 1. The fraction of sp³-hybridized carbons (Fsp3) is 0.111. The summed E-state index contributed by atoms with van der Waals surface area (Å²) in [7, 11) is 0. The summed E-state index contributed by atoms with van der Waals surface area (Å²) >= 11 is 0. The number of nitrogens with one attached hydrogen (secondary N) is 2. The van der Waals surface area contributed by atoms with Crippen molar-refractivity contribution in [3.63, 3.8) is 0 Å². The van der Waals surface area contributed by atoms with Gasteiger partial charge < -0.3 is 19.6 Å². The molecule has 24 heavy (non-hydrogen) atoms. The second kappa shape index (κ2) is 6.45. The average Bonchev–Trinajstić information content (AvgIpc) is 2.57. The number of para-hydroxylation sites is 1. The van der Waals surface area contributed by atoms with E-state index in [1.165, 1.54) is 12.1 Å². The highest BCUT2D eigenvalue weighted by Crippen LogP contribution is 2.23. The van der Waals surface area contributed by atoms with Crippen molar-refractivity contribution in [2.75, 3.05) is 11.9 Å². The van der Waals surface area contributed by atoms with Crippen LogP contribution in [0.2, 0.25) is 0 Å². The first-order chi connectivity index (χ1) is 11.6. The van der Waals surface area contributed by atoms with Crippen molar-refractivity contribution >= 4 is 22.6 Å². The van der Waals surface area contributed by atoms with Crippen LogP contribution in [-0.2, 0) is 0 Å². The first-order valence-corrected chi connectivity index (χ1v) is 7.43. The number of amides is 1. The van der Waals surface area contributed by atoms with Crippen molar-refractivity contribution in [3.8, 4) is 11.5 Å². The number of ether oxygens (including phenoxy) is 1. The van der Waals surface area contributed by atoms with E-state index in [-0.39, 0.29) is 22.5 Å². The van der Waals surface area contributed by atoms with Gasteiger partial charge in [-0.2, -0.15) is 0 Å². The van der Waals surface area contributed by atoms with Gasteiger partial charge in [-0.3, -0.25) is 10.2 Å². The van der Waals surface area contributed by atoms with E-state index in [0.717, 1.165) is 0 Å². The van der Waals surface area contributed by atoms with Crippen LogP contribution >= 0.6 is 0 Å². The Morgan fingerprint density at radius 2 is 2.00 bits per heavy atom. The highest BCUT2D eigenvalue weighted by atomic mass is 16.5. The van der Waals surface area contributed by atoms with E-state index < -0.39 is 5.91 Å². The van der Waals surface area contributed by atoms with Gasteiger partial charge in [0, 0.05) is 11.1 Å². The number of phenolic OH excluding ortho intramolecular Hbond substituents is 1. The molecule has 1 aromatic heterocycles. The van der Waals surface area contributed by atoms with Crippen LogP contribution in [0.4, 0.5) is 5.69 Å². The lowest BCUT2D eigenvalue weighted by Gasteiger charge is -2.08. The minimum Gasteiger partial charge on any atom is -0.504 e. The number of phenols is 1. The normalized spacial score (nSPS) is 10.5. The Morgan fingerprint density at radius 3 is 2.71 bits per heavy atom. The van der Waals surface area contributed by atoms with Crippen LogP contribution in [0.25, 0.3) is 11.0 Å². The van der Waals surface area contributed by atoms with Gasteiger partial charge in [-0.15, -0.1) is 0 Å². The molecule has 0 atom stereocenters. The maximum Gasteiger partial charge on any atom is 0.261 e. The standard InChI is InChI=1S/C18H16N2O4/c1-2-23-13-8-6-12(7-9-13)20-18(22)14-10-11-4-3-5-15(21)16(11)24-17(14)19/h3-10,19,21H,2H2,1H3,(H,20,22). The molecule has 0 saturated heterocycles. The molecule has 0 spiro atoms. The van der Waals surface area contributed by atoms with Gasteiger partial charge in [0.2, 0.25) is 5.55 Å². The number of hydrogen-bond donors (Lipinski definition) is 3. The number of hydrogen-bond acceptors (Lipinski definition) is 5. The van der Waals surface area contributed by atoms with Crippen LogP contribution in [0, 0.1) is 5.41 Å². The maximum atomic E-state index is 12.4. The summed E-state index contributed by atoms with van der Waals surface area (Å²) in [5, 5.41) is 20.9.